The Morgan fingerprint density at radius 1 is 1.02 bits per heavy atom. The number of anilines is 1. The molecule has 1 atom stereocenters. The minimum atomic E-state index is -4.04. The van der Waals surface area contributed by atoms with Gasteiger partial charge < -0.3 is 14.5 Å². The number of carbonyl (C=O) groups is 2. The fourth-order valence-corrected chi connectivity index (χ4v) is 6.95. The van der Waals surface area contributed by atoms with E-state index in [2.05, 4.69) is 9.88 Å². The predicted octanol–water partition coefficient (Wildman–Crippen LogP) is 3.07. The molecule has 3 heterocycles. The molecule has 2 fully saturated rings. The monoisotopic (exact) mass is 666 g/mol. The summed E-state index contributed by atoms with van der Waals surface area (Å²) in [4.78, 5) is 34.3. The van der Waals surface area contributed by atoms with Crippen molar-refractivity contribution in [2.45, 2.75) is 30.7 Å². The summed E-state index contributed by atoms with van der Waals surface area (Å²) in [6, 6.07) is 12.9. The highest BCUT2D eigenvalue weighted by Crippen LogP contribution is 2.29. The van der Waals surface area contributed by atoms with Gasteiger partial charge in [0.1, 0.15) is 6.04 Å². The Balaban J connectivity index is 0.000000818. The average molecular weight is 667 g/mol. The number of fused-ring (bicyclic) bond motifs is 1. The number of sulfonamides is 1. The van der Waals surface area contributed by atoms with Crippen molar-refractivity contribution in [3.8, 4) is 0 Å². The number of benzene rings is 2. The number of esters is 1. The quantitative estimate of drug-likeness (QED) is 0.294. The van der Waals surface area contributed by atoms with Gasteiger partial charge in [0, 0.05) is 49.3 Å². The van der Waals surface area contributed by atoms with E-state index >= 15 is 0 Å². The van der Waals surface area contributed by atoms with Gasteiger partial charge in [-0.2, -0.15) is 12.7 Å². The van der Waals surface area contributed by atoms with Gasteiger partial charge in [-0.05, 0) is 72.9 Å². The van der Waals surface area contributed by atoms with Gasteiger partial charge in [-0.25, -0.2) is 13.2 Å². The third-order valence-corrected chi connectivity index (χ3v) is 9.50. The van der Waals surface area contributed by atoms with Crippen LogP contribution in [0, 0.1) is 5.92 Å². The lowest BCUT2D eigenvalue weighted by atomic mass is 9.94. The Hall–Kier alpha value is -3.30. The number of piperidine rings is 1. The molecule has 238 valence electrons. The fourth-order valence-electron chi connectivity index (χ4n) is 5.33. The number of aromatic nitrogens is 1. The van der Waals surface area contributed by atoms with Crippen LogP contribution in [0.25, 0.3) is 10.8 Å². The molecule has 3 aromatic rings. The number of nitrogens with zero attached hydrogens (tertiary/aromatic N) is 4. The minimum Gasteiger partial charge on any atom is -0.464 e. The van der Waals surface area contributed by atoms with Gasteiger partial charge in [0.2, 0.25) is 15.9 Å². The van der Waals surface area contributed by atoms with Crippen molar-refractivity contribution in [2.75, 3.05) is 50.5 Å². The molecule has 0 saturated carbocycles. The SMILES string of the molecule is CCOC(=O)C1CN(S(=O)(=O)c2ccc3cc(Cl)ccc3c2)CC(=O)N1CC1CCN(c2ccncc2)CC1.CS(=O)(=O)O. The van der Waals surface area contributed by atoms with Crippen molar-refractivity contribution in [2.24, 2.45) is 5.92 Å². The first-order chi connectivity index (χ1) is 20.8. The maximum atomic E-state index is 13.6. The van der Waals surface area contributed by atoms with Gasteiger partial charge in [-0.1, -0.05) is 23.7 Å². The third-order valence-electron chi connectivity index (χ3n) is 7.45. The Morgan fingerprint density at radius 3 is 2.27 bits per heavy atom. The van der Waals surface area contributed by atoms with Gasteiger partial charge in [0.05, 0.1) is 24.3 Å². The van der Waals surface area contributed by atoms with Crippen molar-refractivity contribution < 1.29 is 35.7 Å². The predicted molar refractivity (Wildman–Crippen MR) is 166 cm³/mol. The van der Waals surface area contributed by atoms with Gasteiger partial charge in [0.15, 0.2) is 0 Å². The van der Waals surface area contributed by atoms with Crippen LogP contribution in [0.15, 0.2) is 65.8 Å². The topological polar surface area (TPSA) is 154 Å². The molecule has 0 bridgehead atoms. The standard InChI is InChI=1S/C28H31ClN4O5S.CH4O3S/c1-2-38-28(35)26-18-32(39(36,37)25-6-4-21-15-23(29)5-3-22(21)16-25)19-27(34)33(26)17-20-9-13-31(14-10-20)24-7-11-30-12-8-24;1-5(2,3)4/h3-8,11-12,15-16,20,26H,2,9-10,13-14,17-19H2,1H3;1H3,(H,2,3,4). The zero-order valence-corrected chi connectivity index (χ0v) is 26.8. The van der Waals surface area contributed by atoms with Crippen LogP contribution in [0.1, 0.15) is 19.8 Å². The van der Waals surface area contributed by atoms with E-state index in [0.717, 1.165) is 41.3 Å². The summed E-state index contributed by atoms with van der Waals surface area (Å²) in [5.74, 6) is -0.792. The third kappa shape index (κ3) is 8.66. The van der Waals surface area contributed by atoms with E-state index in [-0.39, 0.29) is 30.5 Å². The summed E-state index contributed by atoms with van der Waals surface area (Å²) >= 11 is 6.06. The molecule has 15 heteroatoms. The molecule has 2 aliphatic rings. The second-order valence-corrected chi connectivity index (χ2v) is 14.5. The number of rotatable bonds is 7. The highest BCUT2D eigenvalue weighted by atomic mass is 35.5. The maximum Gasteiger partial charge on any atom is 0.330 e. The number of piperazine rings is 1. The van der Waals surface area contributed by atoms with E-state index in [9.17, 15) is 26.4 Å². The second kappa shape index (κ2) is 14.2. The number of amides is 1. The van der Waals surface area contributed by atoms with Crippen LogP contribution in [0.5, 0.6) is 0 Å². The van der Waals surface area contributed by atoms with Gasteiger partial charge in [-0.3, -0.25) is 14.3 Å². The Bertz CT molecular complexity index is 1690. The Morgan fingerprint density at radius 2 is 1.64 bits per heavy atom. The Kier molecular flexibility index (Phi) is 10.8. The zero-order chi connectivity index (χ0) is 32.1. The highest BCUT2D eigenvalue weighted by molar-refractivity contribution is 7.89. The molecule has 2 saturated heterocycles. The van der Waals surface area contributed by atoms with Crippen LogP contribution in [-0.4, -0.2) is 99.1 Å². The second-order valence-electron chi connectivity index (χ2n) is 10.6. The number of carbonyl (C=O) groups excluding carboxylic acids is 2. The first kappa shape index (κ1) is 33.6. The largest absolute Gasteiger partial charge is 0.464 e. The van der Waals surface area contributed by atoms with Crippen LogP contribution in [0.4, 0.5) is 5.69 Å². The summed E-state index contributed by atoms with van der Waals surface area (Å²) in [6.45, 7) is 3.40. The summed E-state index contributed by atoms with van der Waals surface area (Å²) in [5.41, 5.74) is 1.11. The number of halogens is 1. The molecule has 44 heavy (non-hydrogen) atoms. The number of pyridine rings is 1. The Labute approximate surface area is 262 Å². The van der Waals surface area contributed by atoms with Crippen molar-refractivity contribution in [3.63, 3.8) is 0 Å². The van der Waals surface area contributed by atoms with Gasteiger partial charge >= 0.3 is 5.97 Å². The lowest BCUT2D eigenvalue weighted by molar-refractivity contribution is -0.158. The van der Waals surface area contributed by atoms with E-state index in [4.69, 9.17) is 20.9 Å². The highest BCUT2D eigenvalue weighted by Gasteiger charge is 2.43. The normalized spacial score (nSPS) is 18.5. The molecule has 2 aliphatic heterocycles. The summed E-state index contributed by atoms with van der Waals surface area (Å²) < 4.78 is 59.4. The molecule has 1 aromatic heterocycles. The summed E-state index contributed by atoms with van der Waals surface area (Å²) in [7, 11) is -7.71. The average Bonchev–Trinajstić information content (AvgIpc) is 2.97. The van der Waals surface area contributed by atoms with Gasteiger partial charge in [-0.15, -0.1) is 0 Å². The minimum absolute atomic E-state index is 0.0599. The maximum absolute atomic E-state index is 13.6. The lowest BCUT2D eigenvalue weighted by Crippen LogP contribution is -2.61. The van der Waals surface area contributed by atoms with E-state index in [1.165, 1.54) is 11.0 Å². The number of ether oxygens (including phenoxy) is 1. The molecule has 2 aromatic carbocycles. The number of hydrogen-bond acceptors (Lipinski definition) is 9. The van der Waals surface area contributed by atoms with Crippen LogP contribution in [0.2, 0.25) is 5.02 Å². The van der Waals surface area contributed by atoms with Crippen LogP contribution in [0.3, 0.4) is 0 Å². The molecule has 0 spiro atoms. The van der Waals surface area contributed by atoms with E-state index in [1.54, 1.807) is 49.6 Å². The van der Waals surface area contributed by atoms with Crippen LogP contribution >= 0.6 is 11.6 Å². The van der Waals surface area contributed by atoms with E-state index in [0.29, 0.717) is 23.2 Å². The number of hydrogen-bond donors (Lipinski definition) is 1. The van der Waals surface area contributed by atoms with Crippen LogP contribution in [-0.2, 0) is 34.5 Å². The zero-order valence-electron chi connectivity index (χ0n) is 24.4. The first-order valence-corrected chi connectivity index (χ1v) is 17.7. The molecule has 1 N–H and O–H groups in total. The molecular weight excluding hydrogens is 632 g/mol. The molecular formula is C29H35ClN4O8S2. The fraction of sp³-hybridized carbons (Fsp3) is 0.414. The van der Waals surface area contributed by atoms with E-state index < -0.39 is 38.1 Å². The van der Waals surface area contributed by atoms with Crippen molar-refractivity contribution in [1.29, 1.82) is 0 Å². The molecule has 1 unspecified atom stereocenters. The molecule has 0 aliphatic carbocycles. The first-order valence-electron chi connectivity index (χ1n) is 14.0. The van der Waals surface area contributed by atoms with Crippen molar-refractivity contribution in [3.05, 3.63) is 65.9 Å². The lowest BCUT2D eigenvalue weighted by Gasteiger charge is -2.42. The smallest absolute Gasteiger partial charge is 0.330 e. The molecule has 1 amide bonds. The van der Waals surface area contributed by atoms with Crippen molar-refractivity contribution in [1.82, 2.24) is 14.2 Å². The molecule has 0 radical (unpaired) electrons. The van der Waals surface area contributed by atoms with Gasteiger partial charge in [0.25, 0.3) is 10.1 Å². The van der Waals surface area contributed by atoms with Crippen LogP contribution < -0.4 is 4.90 Å². The molecule has 12 nitrogen and oxygen atoms in total. The van der Waals surface area contributed by atoms with Crippen molar-refractivity contribution >= 4 is 60.1 Å². The molecule has 5 rings (SSSR count). The van der Waals surface area contributed by atoms with E-state index in [1.807, 2.05) is 12.1 Å². The summed E-state index contributed by atoms with van der Waals surface area (Å²) in [5, 5.41) is 2.08. The summed E-state index contributed by atoms with van der Waals surface area (Å²) in [6.07, 6.45) is 5.96.